The van der Waals surface area contributed by atoms with Crippen LogP contribution in [0.2, 0.25) is 0 Å². The van der Waals surface area contributed by atoms with Gasteiger partial charge in [-0.1, -0.05) is 32.3 Å². The molecule has 0 bridgehead atoms. The Hall–Kier alpha value is -0.500. The summed E-state index contributed by atoms with van der Waals surface area (Å²) in [4.78, 5) is 0. The van der Waals surface area contributed by atoms with Gasteiger partial charge in [0.15, 0.2) is 0 Å². The molecule has 1 aliphatic rings. The van der Waals surface area contributed by atoms with E-state index in [4.69, 9.17) is 0 Å². The van der Waals surface area contributed by atoms with Crippen molar-refractivity contribution in [2.45, 2.75) is 52.4 Å². The predicted octanol–water partition coefficient (Wildman–Crippen LogP) is 3.22. The molecule has 2 N–H and O–H groups in total. The third kappa shape index (κ3) is 4.25. The lowest BCUT2D eigenvalue weighted by atomic mass is 9.82. The van der Waals surface area contributed by atoms with Crippen molar-refractivity contribution < 1.29 is 0 Å². The van der Waals surface area contributed by atoms with E-state index in [1.54, 1.807) is 5.57 Å². The minimum absolute atomic E-state index is 0.800. The molecule has 0 aromatic carbocycles. The summed E-state index contributed by atoms with van der Waals surface area (Å²) in [5.74, 6) is 1.73. The van der Waals surface area contributed by atoms with Crippen LogP contribution in [0, 0.1) is 11.8 Å². The molecule has 2 atom stereocenters. The van der Waals surface area contributed by atoms with Gasteiger partial charge in [0.2, 0.25) is 0 Å². The van der Waals surface area contributed by atoms with Crippen LogP contribution >= 0.6 is 0 Å². The monoisotopic (exact) mass is 210 g/mol. The van der Waals surface area contributed by atoms with Crippen LogP contribution in [0.15, 0.2) is 11.8 Å². The van der Waals surface area contributed by atoms with Gasteiger partial charge in [-0.05, 0) is 37.5 Å². The van der Waals surface area contributed by atoms with E-state index in [9.17, 15) is 0 Å². The molecule has 0 spiro atoms. The fourth-order valence-electron chi connectivity index (χ4n) is 2.50. The summed E-state index contributed by atoms with van der Waals surface area (Å²) < 4.78 is 0. The van der Waals surface area contributed by atoms with Crippen LogP contribution in [0.3, 0.4) is 0 Å². The van der Waals surface area contributed by atoms with E-state index in [0.717, 1.165) is 11.8 Å². The number of hydrogen-bond donors (Lipinski definition) is 2. The zero-order chi connectivity index (χ0) is 11.1. The van der Waals surface area contributed by atoms with Gasteiger partial charge in [0.05, 0.1) is 0 Å². The zero-order valence-electron chi connectivity index (χ0n) is 10.5. The van der Waals surface area contributed by atoms with Gasteiger partial charge in [-0.15, -0.1) is 0 Å². The summed E-state index contributed by atoms with van der Waals surface area (Å²) in [7, 11) is 1.92. The van der Waals surface area contributed by atoms with Crippen LogP contribution in [-0.2, 0) is 0 Å². The highest BCUT2D eigenvalue weighted by Gasteiger charge is 2.17. The molecule has 0 aliphatic heterocycles. The second-order valence-corrected chi connectivity index (χ2v) is 4.79. The van der Waals surface area contributed by atoms with Gasteiger partial charge in [0.1, 0.15) is 0 Å². The summed E-state index contributed by atoms with van der Waals surface area (Å²) in [6.07, 6.45) is 10.3. The number of nitrogens with one attached hydrogen (secondary N) is 2. The molecule has 15 heavy (non-hydrogen) atoms. The van der Waals surface area contributed by atoms with E-state index in [2.05, 4.69) is 30.9 Å². The normalized spacial score (nSPS) is 31.0. The maximum absolute atomic E-state index is 3.13. The van der Waals surface area contributed by atoms with Crippen LogP contribution in [0.4, 0.5) is 0 Å². The van der Waals surface area contributed by atoms with Gasteiger partial charge in [-0.25, -0.2) is 5.43 Å². The molecule has 1 rings (SSSR count). The molecule has 1 saturated carbocycles. The van der Waals surface area contributed by atoms with Gasteiger partial charge >= 0.3 is 0 Å². The maximum Gasteiger partial charge on any atom is 0.0120 e. The molecule has 0 amide bonds. The fourth-order valence-corrected chi connectivity index (χ4v) is 2.50. The Labute approximate surface area is 94.5 Å². The van der Waals surface area contributed by atoms with E-state index in [0.29, 0.717) is 0 Å². The lowest BCUT2D eigenvalue weighted by Gasteiger charge is -2.25. The molecule has 2 heteroatoms. The Morgan fingerprint density at radius 3 is 2.80 bits per heavy atom. The lowest BCUT2D eigenvalue weighted by Crippen LogP contribution is -2.23. The molecular formula is C13H26N2. The highest BCUT2D eigenvalue weighted by atomic mass is 15.3. The Morgan fingerprint density at radius 2 is 2.13 bits per heavy atom. The average molecular weight is 210 g/mol. The first kappa shape index (κ1) is 12.6. The van der Waals surface area contributed by atoms with Crippen LogP contribution in [0.25, 0.3) is 0 Å². The Balaban J connectivity index is 2.57. The van der Waals surface area contributed by atoms with Crippen molar-refractivity contribution in [3.63, 3.8) is 0 Å². The van der Waals surface area contributed by atoms with Crippen molar-refractivity contribution in [2.75, 3.05) is 7.05 Å². The van der Waals surface area contributed by atoms with Crippen molar-refractivity contribution in [2.24, 2.45) is 11.8 Å². The average Bonchev–Trinajstić information content (AvgIpc) is 2.22. The summed E-state index contributed by atoms with van der Waals surface area (Å²) in [5.41, 5.74) is 7.72. The van der Waals surface area contributed by atoms with E-state index in [-0.39, 0.29) is 0 Å². The van der Waals surface area contributed by atoms with Crippen LogP contribution in [0.1, 0.15) is 52.4 Å². The van der Waals surface area contributed by atoms with E-state index >= 15 is 0 Å². The van der Waals surface area contributed by atoms with Gasteiger partial charge in [0, 0.05) is 13.2 Å². The first-order valence-corrected chi connectivity index (χ1v) is 6.39. The molecule has 2 nitrogen and oxygen atoms in total. The number of hydrazine groups is 1. The third-order valence-corrected chi connectivity index (χ3v) is 3.59. The number of allylic oxidation sites excluding steroid dienone is 1. The maximum atomic E-state index is 3.13. The van der Waals surface area contributed by atoms with Gasteiger partial charge in [-0.3, -0.25) is 0 Å². The summed E-state index contributed by atoms with van der Waals surface area (Å²) >= 11 is 0. The number of rotatable bonds is 3. The highest BCUT2D eigenvalue weighted by molar-refractivity contribution is 5.06. The smallest absolute Gasteiger partial charge is 0.0120 e. The van der Waals surface area contributed by atoms with Crippen LogP contribution in [0.5, 0.6) is 0 Å². The minimum atomic E-state index is 0.800. The largest absolute Gasteiger partial charge is 0.329 e. The molecule has 0 saturated heterocycles. The molecule has 0 aromatic rings. The zero-order valence-corrected chi connectivity index (χ0v) is 10.5. The minimum Gasteiger partial charge on any atom is -0.329 e. The second-order valence-electron chi connectivity index (χ2n) is 4.79. The van der Waals surface area contributed by atoms with E-state index in [1.807, 2.05) is 7.05 Å². The highest BCUT2D eigenvalue weighted by Crippen LogP contribution is 2.31. The lowest BCUT2D eigenvalue weighted by molar-refractivity contribution is 0.374. The van der Waals surface area contributed by atoms with Gasteiger partial charge < -0.3 is 5.43 Å². The van der Waals surface area contributed by atoms with Crippen LogP contribution < -0.4 is 10.9 Å². The quantitative estimate of drug-likeness (QED) is 0.699. The summed E-state index contributed by atoms with van der Waals surface area (Å²) in [5, 5.41) is 0. The second kappa shape index (κ2) is 6.89. The first-order valence-electron chi connectivity index (χ1n) is 6.39. The molecule has 0 radical (unpaired) electrons. The Kier molecular flexibility index (Phi) is 5.77. The topological polar surface area (TPSA) is 24.1 Å². The Morgan fingerprint density at radius 1 is 1.33 bits per heavy atom. The molecule has 88 valence electrons. The van der Waals surface area contributed by atoms with Crippen molar-refractivity contribution in [3.05, 3.63) is 11.8 Å². The van der Waals surface area contributed by atoms with E-state index in [1.165, 1.54) is 38.5 Å². The molecule has 0 heterocycles. The Bertz CT molecular complexity index is 199. The van der Waals surface area contributed by atoms with Crippen molar-refractivity contribution >= 4 is 0 Å². The fraction of sp³-hybridized carbons (Fsp3) is 0.846. The van der Waals surface area contributed by atoms with Crippen molar-refractivity contribution in [3.8, 4) is 0 Å². The third-order valence-electron chi connectivity index (χ3n) is 3.59. The molecule has 1 aliphatic carbocycles. The predicted molar refractivity (Wildman–Crippen MR) is 66.3 cm³/mol. The summed E-state index contributed by atoms with van der Waals surface area (Å²) in [6.45, 7) is 4.71. The standard InChI is InChI=1S/C13H26N2/c1-4-12-9-8-11(2)6-5-7-13(12)10-15-14-3/h10-12,14-15H,4-9H2,1-3H3/b13-10-. The number of hydrogen-bond acceptors (Lipinski definition) is 2. The van der Waals surface area contributed by atoms with Crippen LogP contribution in [-0.4, -0.2) is 7.05 Å². The summed E-state index contributed by atoms with van der Waals surface area (Å²) in [6, 6.07) is 0. The molecule has 2 unspecified atom stereocenters. The first-order chi connectivity index (χ1) is 7.27. The molecular weight excluding hydrogens is 184 g/mol. The van der Waals surface area contributed by atoms with Crippen molar-refractivity contribution in [1.29, 1.82) is 0 Å². The van der Waals surface area contributed by atoms with Gasteiger partial charge in [-0.2, -0.15) is 0 Å². The molecule has 1 fully saturated rings. The van der Waals surface area contributed by atoms with Gasteiger partial charge in [0.25, 0.3) is 0 Å². The van der Waals surface area contributed by atoms with E-state index < -0.39 is 0 Å². The molecule has 0 aromatic heterocycles. The van der Waals surface area contributed by atoms with Crippen molar-refractivity contribution in [1.82, 2.24) is 10.9 Å². The SMILES string of the molecule is CCC1CCC(C)CCC/C1=C/NNC.